The van der Waals surface area contributed by atoms with E-state index in [0.717, 1.165) is 21.7 Å². The van der Waals surface area contributed by atoms with E-state index in [1.54, 1.807) is 17.7 Å². The molecule has 0 atom stereocenters. The number of benzene rings is 3. The molecule has 0 saturated heterocycles. The van der Waals surface area contributed by atoms with Gasteiger partial charge in [-0.15, -0.1) is 0 Å². The van der Waals surface area contributed by atoms with Crippen LogP contribution in [0.4, 0.5) is 0 Å². The van der Waals surface area contributed by atoms with Gasteiger partial charge in [0.1, 0.15) is 0 Å². The highest BCUT2D eigenvalue weighted by molar-refractivity contribution is 6.08. The number of aryl methyl sites for hydroxylation is 1. The monoisotopic (exact) mass is 343 g/mol. The van der Waals surface area contributed by atoms with E-state index >= 15 is 0 Å². The zero-order chi connectivity index (χ0) is 18.1. The average Bonchev–Trinajstić information content (AvgIpc) is 2.92. The summed E-state index contributed by atoms with van der Waals surface area (Å²) in [6, 6.07) is 20.9. The summed E-state index contributed by atoms with van der Waals surface area (Å²) in [5.41, 5.74) is 4.57. The molecule has 2 N–H and O–H groups in total. The van der Waals surface area contributed by atoms with Gasteiger partial charge in [-0.1, -0.05) is 54.6 Å². The molecule has 1 heterocycles. The van der Waals surface area contributed by atoms with Gasteiger partial charge in [0.2, 0.25) is 5.88 Å². The van der Waals surface area contributed by atoms with Gasteiger partial charge < -0.3 is 9.67 Å². The Balaban J connectivity index is 1.63. The smallest absolute Gasteiger partial charge is 0.271 e. The average molecular weight is 343 g/mol. The molecule has 0 aliphatic heterocycles. The van der Waals surface area contributed by atoms with Crippen molar-refractivity contribution in [3.05, 3.63) is 77.9 Å². The molecule has 0 unspecified atom stereocenters. The number of aromatic nitrogens is 1. The maximum Gasteiger partial charge on any atom is 0.271 e. The van der Waals surface area contributed by atoms with E-state index in [1.807, 2.05) is 60.7 Å². The third-order valence-corrected chi connectivity index (χ3v) is 4.51. The molecule has 0 saturated carbocycles. The predicted octanol–water partition coefficient (Wildman–Crippen LogP) is 3.80. The van der Waals surface area contributed by atoms with Crippen LogP contribution in [0, 0.1) is 0 Å². The molecule has 0 fully saturated rings. The fourth-order valence-electron chi connectivity index (χ4n) is 3.18. The van der Waals surface area contributed by atoms with Crippen molar-refractivity contribution in [1.29, 1.82) is 0 Å². The Morgan fingerprint density at radius 2 is 1.69 bits per heavy atom. The number of carbonyl (C=O) groups excluding carboxylic acids is 1. The summed E-state index contributed by atoms with van der Waals surface area (Å²) in [5, 5.41) is 17.1. The molecule has 128 valence electrons. The minimum absolute atomic E-state index is 0.106. The Bertz CT molecular complexity index is 1150. The van der Waals surface area contributed by atoms with Crippen LogP contribution in [-0.4, -0.2) is 21.8 Å². The highest BCUT2D eigenvalue weighted by atomic mass is 16.3. The van der Waals surface area contributed by atoms with E-state index < -0.39 is 0 Å². The summed E-state index contributed by atoms with van der Waals surface area (Å²) < 4.78 is 1.68. The van der Waals surface area contributed by atoms with Crippen LogP contribution < -0.4 is 5.43 Å². The Hall–Kier alpha value is -3.60. The fourth-order valence-corrected chi connectivity index (χ4v) is 3.18. The van der Waals surface area contributed by atoms with Gasteiger partial charge in [-0.3, -0.25) is 4.79 Å². The van der Waals surface area contributed by atoms with Gasteiger partial charge in [0.15, 0.2) is 0 Å². The number of hydrazone groups is 1. The standard InChI is InChI=1S/C21H17N3O2/c1-24-19-12-5-4-10-16(19)18(21(24)26)13-22-23-20(25)17-11-6-8-14-7-2-3-9-15(14)17/h2-13,26H,1H3,(H,23,25)/b22-13+. The molecule has 5 heteroatoms. The second-order valence-electron chi connectivity index (χ2n) is 6.04. The first-order valence-electron chi connectivity index (χ1n) is 8.24. The zero-order valence-corrected chi connectivity index (χ0v) is 14.2. The molecule has 0 spiro atoms. The third-order valence-electron chi connectivity index (χ3n) is 4.51. The summed E-state index contributed by atoms with van der Waals surface area (Å²) in [6.45, 7) is 0. The molecule has 1 aromatic heterocycles. The van der Waals surface area contributed by atoms with Gasteiger partial charge in [0.25, 0.3) is 5.91 Å². The Labute approximate surface area is 150 Å². The highest BCUT2D eigenvalue weighted by Crippen LogP contribution is 2.28. The molecule has 5 nitrogen and oxygen atoms in total. The van der Waals surface area contributed by atoms with Crippen molar-refractivity contribution in [3.8, 4) is 5.88 Å². The molecular weight excluding hydrogens is 326 g/mol. The molecule has 4 rings (SSSR count). The van der Waals surface area contributed by atoms with Crippen LogP contribution >= 0.6 is 0 Å². The molecule has 26 heavy (non-hydrogen) atoms. The van der Waals surface area contributed by atoms with E-state index in [9.17, 15) is 9.90 Å². The maximum atomic E-state index is 12.5. The van der Waals surface area contributed by atoms with Crippen LogP contribution in [-0.2, 0) is 7.05 Å². The SMILES string of the molecule is Cn1c(O)c(/C=N/NC(=O)c2cccc3ccccc23)c2ccccc21. The number of rotatable bonds is 3. The summed E-state index contributed by atoms with van der Waals surface area (Å²) in [7, 11) is 1.78. The lowest BCUT2D eigenvalue weighted by Gasteiger charge is -2.04. The number of aromatic hydroxyl groups is 1. The fraction of sp³-hybridized carbons (Fsp3) is 0.0476. The summed E-state index contributed by atoms with van der Waals surface area (Å²) in [5.74, 6) is -0.188. The third kappa shape index (κ3) is 2.59. The van der Waals surface area contributed by atoms with Crippen molar-refractivity contribution in [2.75, 3.05) is 0 Å². The normalized spacial score (nSPS) is 11.4. The van der Waals surface area contributed by atoms with Crippen molar-refractivity contribution >= 4 is 33.8 Å². The second kappa shape index (κ2) is 6.37. The van der Waals surface area contributed by atoms with Gasteiger partial charge >= 0.3 is 0 Å². The van der Waals surface area contributed by atoms with Crippen LogP contribution in [0.15, 0.2) is 71.8 Å². The van der Waals surface area contributed by atoms with Crippen molar-refractivity contribution in [2.24, 2.45) is 12.1 Å². The number of nitrogens with one attached hydrogen (secondary N) is 1. The van der Waals surface area contributed by atoms with E-state index in [-0.39, 0.29) is 11.8 Å². The van der Waals surface area contributed by atoms with Crippen LogP contribution in [0.1, 0.15) is 15.9 Å². The first-order valence-corrected chi connectivity index (χ1v) is 8.24. The topological polar surface area (TPSA) is 66.6 Å². The minimum atomic E-state index is -0.294. The molecule has 3 aromatic carbocycles. The predicted molar refractivity (Wildman–Crippen MR) is 104 cm³/mol. The molecule has 4 aromatic rings. The van der Waals surface area contributed by atoms with Gasteiger partial charge in [-0.05, 0) is 22.9 Å². The van der Waals surface area contributed by atoms with E-state index in [2.05, 4.69) is 10.5 Å². The van der Waals surface area contributed by atoms with Crippen LogP contribution in [0.3, 0.4) is 0 Å². The molecule has 1 amide bonds. The Morgan fingerprint density at radius 3 is 2.54 bits per heavy atom. The summed E-state index contributed by atoms with van der Waals surface area (Å²) >= 11 is 0. The number of carbonyl (C=O) groups is 1. The quantitative estimate of drug-likeness (QED) is 0.439. The van der Waals surface area contributed by atoms with Gasteiger partial charge in [0, 0.05) is 18.0 Å². The lowest BCUT2D eigenvalue weighted by molar-refractivity contribution is 0.0957. The van der Waals surface area contributed by atoms with E-state index in [1.165, 1.54) is 6.21 Å². The minimum Gasteiger partial charge on any atom is -0.494 e. The van der Waals surface area contributed by atoms with Gasteiger partial charge in [-0.2, -0.15) is 5.10 Å². The van der Waals surface area contributed by atoms with E-state index in [0.29, 0.717) is 11.1 Å². The Kier molecular flexibility index (Phi) is 3.89. The zero-order valence-electron chi connectivity index (χ0n) is 14.2. The number of amides is 1. The lowest BCUT2D eigenvalue weighted by atomic mass is 10.0. The molecule has 0 radical (unpaired) electrons. The summed E-state index contributed by atoms with van der Waals surface area (Å²) in [6.07, 6.45) is 1.47. The van der Waals surface area contributed by atoms with Crippen LogP contribution in [0.25, 0.3) is 21.7 Å². The number of nitrogens with zero attached hydrogens (tertiary/aromatic N) is 2. The number of para-hydroxylation sites is 1. The Morgan fingerprint density at radius 1 is 1.00 bits per heavy atom. The van der Waals surface area contributed by atoms with Crippen LogP contribution in [0.2, 0.25) is 0 Å². The molecule has 0 bridgehead atoms. The molecule has 0 aliphatic rings. The summed E-state index contributed by atoms with van der Waals surface area (Å²) in [4.78, 5) is 12.5. The van der Waals surface area contributed by atoms with Crippen molar-refractivity contribution in [1.82, 2.24) is 9.99 Å². The van der Waals surface area contributed by atoms with Crippen molar-refractivity contribution in [2.45, 2.75) is 0 Å². The second-order valence-corrected chi connectivity index (χ2v) is 6.04. The maximum absolute atomic E-state index is 12.5. The largest absolute Gasteiger partial charge is 0.494 e. The number of hydrogen-bond acceptors (Lipinski definition) is 3. The van der Waals surface area contributed by atoms with Gasteiger partial charge in [-0.25, -0.2) is 5.43 Å². The first-order chi connectivity index (χ1) is 12.7. The molecular formula is C21H17N3O2. The number of fused-ring (bicyclic) bond motifs is 2. The van der Waals surface area contributed by atoms with E-state index in [4.69, 9.17) is 0 Å². The number of hydrogen-bond donors (Lipinski definition) is 2. The highest BCUT2D eigenvalue weighted by Gasteiger charge is 2.12. The van der Waals surface area contributed by atoms with Gasteiger partial charge in [0.05, 0.1) is 17.3 Å². The molecule has 0 aliphatic carbocycles. The van der Waals surface area contributed by atoms with Crippen LogP contribution in [0.5, 0.6) is 5.88 Å². The van der Waals surface area contributed by atoms with Crippen molar-refractivity contribution < 1.29 is 9.90 Å². The lowest BCUT2D eigenvalue weighted by Crippen LogP contribution is -2.17. The first kappa shape index (κ1) is 15.9. The van der Waals surface area contributed by atoms with Crippen molar-refractivity contribution in [3.63, 3.8) is 0 Å².